The summed E-state index contributed by atoms with van der Waals surface area (Å²) in [5.41, 5.74) is -1.32. The molecule has 1 saturated heterocycles. The van der Waals surface area contributed by atoms with Gasteiger partial charge in [0.15, 0.2) is 9.84 Å². The van der Waals surface area contributed by atoms with Crippen LogP contribution in [0, 0.1) is 11.6 Å². The van der Waals surface area contributed by atoms with Crippen LogP contribution in [-0.2, 0) is 26.7 Å². The zero-order chi connectivity index (χ0) is 19.4. The Hall–Kier alpha value is -2.81. The van der Waals surface area contributed by atoms with Gasteiger partial charge in [-0.2, -0.15) is 0 Å². The zero-order valence-electron chi connectivity index (χ0n) is 13.9. The van der Waals surface area contributed by atoms with Crippen molar-refractivity contribution >= 4 is 21.8 Å². The first-order valence-electron chi connectivity index (χ1n) is 8.14. The number of carbonyl (C=O) groups excluding carboxylic acids is 2. The van der Waals surface area contributed by atoms with E-state index in [4.69, 9.17) is 0 Å². The van der Waals surface area contributed by atoms with E-state index >= 15 is 0 Å². The number of hydrogen-bond acceptors (Lipinski definition) is 4. The van der Waals surface area contributed by atoms with E-state index in [2.05, 4.69) is 5.32 Å². The molecule has 1 atom stereocenters. The summed E-state index contributed by atoms with van der Waals surface area (Å²) in [4.78, 5) is 26.3. The number of halogens is 2. The second-order valence-corrected chi connectivity index (χ2v) is 8.64. The molecular formula is C18H14F2N2O4S. The van der Waals surface area contributed by atoms with Crippen LogP contribution in [0.25, 0.3) is 0 Å². The largest absolute Gasteiger partial charge is 0.325 e. The molecule has 1 spiro atoms. The van der Waals surface area contributed by atoms with Crippen molar-refractivity contribution in [1.29, 1.82) is 0 Å². The number of urea groups is 1. The number of fused-ring (bicyclic) bond motifs is 2. The Bertz CT molecular complexity index is 1090. The smallest absolute Gasteiger partial charge is 0.319 e. The van der Waals surface area contributed by atoms with Gasteiger partial charge in [0.25, 0.3) is 5.91 Å². The number of amides is 3. The third-order valence-corrected chi connectivity index (χ3v) is 6.66. The zero-order valence-corrected chi connectivity index (χ0v) is 14.7. The van der Waals surface area contributed by atoms with Gasteiger partial charge in [0.2, 0.25) is 0 Å². The first kappa shape index (κ1) is 17.6. The number of carbonyl (C=O) groups is 2. The van der Waals surface area contributed by atoms with E-state index < -0.39 is 38.9 Å². The molecule has 2 aromatic carbocycles. The van der Waals surface area contributed by atoms with Gasteiger partial charge in [-0.15, -0.1) is 0 Å². The van der Waals surface area contributed by atoms with Crippen molar-refractivity contribution in [2.75, 3.05) is 5.75 Å². The van der Waals surface area contributed by atoms with Crippen LogP contribution in [0.4, 0.5) is 13.6 Å². The van der Waals surface area contributed by atoms with Crippen molar-refractivity contribution in [1.82, 2.24) is 10.2 Å². The van der Waals surface area contributed by atoms with Crippen LogP contribution in [0.1, 0.15) is 17.5 Å². The van der Waals surface area contributed by atoms with Crippen molar-refractivity contribution < 1.29 is 26.8 Å². The van der Waals surface area contributed by atoms with Gasteiger partial charge in [-0.05, 0) is 42.3 Å². The number of imide groups is 1. The topological polar surface area (TPSA) is 83.5 Å². The molecule has 1 N–H and O–H groups in total. The fourth-order valence-electron chi connectivity index (χ4n) is 3.58. The lowest BCUT2D eigenvalue weighted by Gasteiger charge is -2.33. The summed E-state index contributed by atoms with van der Waals surface area (Å²) in [7, 11) is -3.68. The van der Waals surface area contributed by atoms with Crippen LogP contribution in [-0.4, -0.2) is 31.0 Å². The van der Waals surface area contributed by atoms with Gasteiger partial charge >= 0.3 is 6.03 Å². The molecule has 0 bridgehead atoms. The second-order valence-electron chi connectivity index (χ2n) is 6.57. The van der Waals surface area contributed by atoms with Gasteiger partial charge in [-0.25, -0.2) is 22.0 Å². The van der Waals surface area contributed by atoms with E-state index in [0.29, 0.717) is 5.56 Å². The molecule has 2 aromatic rings. The van der Waals surface area contributed by atoms with Crippen molar-refractivity contribution in [2.45, 2.75) is 23.4 Å². The summed E-state index contributed by atoms with van der Waals surface area (Å²) in [5, 5.41) is 2.54. The Morgan fingerprint density at radius 3 is 2.56 bits per heavy atom. The minimum Gasteiger partial charge on any atom is -0.319 e. The SMILES string of the molecule is O=C1N[C@]2(CCS(=O)(=O)c3ccc(F)cc32)C(=O)N1Cc1cccc(F)c1. The molecule has 0 radical (unpaired) electrons. The summed E-state index contributed by atoms with van der Waals surface area (Å²) in [6.07, 6.45) is -0.198. The molecule has 4 rings (SSSR count). The third kappa shape index (κ3) is 2.69. The van der Waals surface area contributed by atoms with Crippen molar-refractivity contribution in [3.8, 4) is 0 Å². The summed E-state index contributed by atoms with van der Waals surface area (Å²) in [5.74, 6) is -2.26. The van der Waals surface area contributed by atoms with Crippen LogP contribution in [0.3, 0.4) is 0 Å². The first-order chi connectivity index (χ1) is 12.7. The Balaban J connectivity index is 1.78. The molecule has 1 fully saturated rings. The molecule has 6 nitrogen and oxygen atoms in total. The van der Waals surface area contributed by atoms with Gasteiger partial charge in [0, 0.05) is 5.56 Å². The summed E-state index contributed by atoms with van der Waals surface area (Å²) >= 11 is 0. The van der Waals surface area contributed by atoms with E-state index in [9.17, 15) is 26.8 Å². The number of benzene rings is 2. The molecule has 0 saturated carbocycles. The molecule has 140 valence electrons. The number of hydrogen-bond donors (Lipinski definition) is 1. The minimum absolute atomic E-state index is 0.0751. The molecule has 0 aliphatic carbocycles. The fourth-order valence-corrected chi connectivity index (χ4v) is 5.22. The van der Waals surface area contributed by atoms with Crippen molar-refractivity contribution in [3.05, 3.63) is 65.2 Å². The van der Waals surface area contributed by atoms with Gasteiger partial charge < -0.3 is 5.32 Å². The molecule has 2 aliphatic heterocycles. The Labute approximate surface area is 153 Å². The number of nitrogens with zero attached hydrogens (tertiary/aromatic N) is 1. The number of nitrogens with one attached hydrogen (secondary N) is 1. The van der Waals surface area contributed by atoms with Crippen LogP contribution in [0.5, 0.6) is 0 Å². The van der Waals surface area contributed by atoms with Crippen molar-refractivity contribution in [3.63, 3.8) is 0 Å². The normalized spacial score (nSPS) is 23.4. The average molecular weight is 392 g/mol. The molecule has 9 heteroatoms. The van der Waals surface area contributed by atoms with Gasteiger partial charge in [0.1, 0.15) is 17.2 Å². The molecule has 27 heavy (non-hydrogen) atoms. The number of rotatable bonds is 2. The van der Waals surface area contributed by atoms with E-state index in [-0.39, 0.29) is 29.2 Å². The Kier molecular flexibility index (Phi) is 3.81. The Morgan fingerprint density at radius 2 is 1.81 bits per heavy atom. The maximum atomic E-state index is 13.8. The second kappa shape index (κ2) is 5.85. The van der Waals surface area contributed by atoms with Crippen molar-refractivity contribution in [2.24, 2.45) is 0 Å². The van der Waals surface area contributed by atoms with Crippen LogP contribution < -0.4 is 5.32 Å². The summed E-state index contributed by atoms with van der Waals surface area (Å²) in [6.45, 7) is -0.179. The van der Waals surface area contributed by atoms with Crippen LogP contribution in [0.15, 0.2) is 47.4 Å². The average Bonchev–Trinajstić information content (AvgIpc) is 2.84. The Morgan fingerprint density at radius 1 is 1.07 bits per heavy atom. The molecular weight excluding hydrogens is 378 g/mol. The number of sulfone groups is 1. The quantitative estimate of drug-likeness (QED) is 0.627. The highest BCUT2D eigenvalue weighted by Gasteiger charge is 2.56. The van der Waals surface area contributed by atoms with E-state index in [1.54, 1.807) is 6.07 Å². The van der Waals surface area contributed by atoms with E-state index in [0.717, 1.165) is 23.1 Å². The highest BCUT2D eigenvalue weighted by atomic mass is 32.2. The summed E-state index contributed by atoms with van der Waals surface area (Å²) < 4.78 is 51.9. The summed E-state index contributed by atoms with van der Waals surface area (Å²) in [6, 6.07) is 7.79. The molecule has 2 heterocycles. The maximum absolute atomic E-state index is 13.8. The van der Waals surface area contributed by atoms with E-state index in [1.807, 2.05) is 0 Å². The fraction of sp³-hybridized carbons (Fsp3) is 0.222. The van der Waals surface area contributed by atoms with Crippen LogP contribution in [0.2, 0.25) is 0 Å². The van der Waals surface area contributed by atoms with Gasteiger partial charge in [-0.1, -0.05) is 12.1 Å². The lowest BCUT2D eigenvalue weighted by molar-refractivity contribution is -0.132. The molecule has 3 amide bonds. The predicted octanol–water partition coefficient (Wildman–Crippen LogP) is 2.09. The first-order valence-corrected chi connectivity index (χ1v) is 9.79. The lowest BCUT2D eigenvalue weighted by atomic mass is 9.86. The highest BCUT2D eigenvalue weighted by Crippen LogP contribution is 2.41. The predicted molar refractivity (Wildman–Crippen MR) is 90.2 cm³/mol. The standard InChI is InChI=1S/C18H14F2N2O4S/c19-12-3-1-2-11(8-12)10-22-16(23)18(21-17(22)24)6-7-27(25,26)15-5-4-13(20)9-14(15)18/h1-5,8-9H,6-7,10H2,(H,21,24)/t18-/m0/s1. The van der Waals surface area contributed by atoms with Crippen LogP contribution >= 0.6 is 0 Å². The van der Waals surface area contributed by atoms with Gasteiger partial charge in [-0.3, -0.25) is 9.69 Å². The monoisotopic (exact) mass is 392 g/mol. The maximum Gasteiger partial charge on any atom is 0.325 e. The highest BCUT2D eigenvalue weighted by molar-refractivity contribution is 7.91. The third-order valence-electron chi connectivity index (χ3n) is 4.89. The lowest BCUT2D eigenvalue weighted by Crippen LogP contribution is -2.48. The minimum atomic E-state index is -3.68. The van der Waals surface area contributed by atoms with Gasteiger partial charge in [0.05, 0.1) is 17.2 Å². The molecule has 0 aromatic heterocycles. The molecule has 0 unspecified atom stereocenters. The van der Waals surface area contributed by atoms with E-state index in [1.165, 1.54) is 18.2 Å². The molecule has 2 aliphatic rings.